The summed E-state index contributed by atoms with van der Waals surface area (Å²) < 4.78 is 12.9. The Labute approximate surface area is 143 Å². The fraction of sp³-hybridized carbons (Fsp3) is 0. The summed E-state index contributed by atoms with van der Waals surface area (Å²) in [4.78, 5) is 4.53. The number of hydrogen-bond acceptors (Lipinski definition) is 3. The van der Waals surface area contributed by atoms with Gasteiger partial charge in [0.25, 0.3) is 0 Å². The summed E-state index contributed by atoms with van der Waals surface area (Å²) in [6.45, 7) is 0. The van der Waals surface area contributed by atoms with E-state index < -0.39 is 0 Å². The standard InChI is InChI=1S/C20H13FN2S/c21-18-11-9-15(10-12-18)5-4-8-17(13-22)20-23-19(14-24-20)16-6-2-1-3-7-16/h1-12,14H. The van der Waals surface area contributed by atoms with Crippen LogP contribution in [0.4, 0.5) is 4.39 Å². The third-order valence-electron chi connectivity index (χ3n) is 3.35. The summed E-state index contributed by atoms with van der Waals surface area (Å²) in [5.41, 5.74) is 3.26. The molecule has 0 bridgehead atoms. The lowest BCUT2D eigenvalue weighted by Crippen LogP contribution is -1.81. The normalized spacial score (nSPS) is 11.6. The summed E-state index contributed by atoms with van der Waals surface area (Å²) in [5.74, 6) is -0.267. The molecule has 0 amide bonds. The molecule has 0 saturated heterocycles. The van der Waals surface area contributed by atoms with E-state index in [2.05, 4.69) is 11.1 Å². The number of thiazole rings is 1. The van der Waals surface area contributed by atoms with Crippen LogP contribution in [0.15, 0.2) is 72.1 Å². The molecule has 3 rings (SSSR count). The highest BCUT2D eigenvalue weighted by Gasteiger charge is 2.07. The minimum Gasteiger partial charge on any atom is -0.235 e. The molecular weight excluding hydrogens is 319 g/mol. The van der Waals surface area contributed by atoms with Crippen molar-refractivity contribution >= 4 is 23.0 Å². The van der Waals surface area contributed by atoms with Crippen LogP contribution in [0.3, 0.4) is 0 Å². The molecule has 24 heavy (non-hydrogen) atoms. The highest BCUT2D eigenvalue weighted by molar-refractivity contribution is 7.11. The van der Waals surface area contributed by atoms with E-state index in [4.69, 9.17) is 0 Å². The van der Waals surface area contributed by atoms with E-state index in [-0.39, 0.29) is 5.82 Å². The first kappa shape index (κ1) is 15.9. The summed E-state index contributed by atoms with van der Waals surface area (Å²) >= 11 is 1.44. The number of hydrogen-bond donors (Lipinski definition) is 0. The first-order valence-corrected chi connectivity index (χ1v) is 8.19. The molecule has 3 aromatic rings. The number of nitrogens with zero attached hydrogens (tertiary/aromatic N) is 2. The molecule has 4 heteroatoms. The average Bonchev–Trinajstić information content (AvgIpc) is 3.11. The second-order valence-electron chi connectivity index (χ2n) is 5.01. The van der Waals surface area contributed by atoms with Crippen molar-refractivity contribution in [3.63, 3.8) is 0 Å². The predicted octanol–water partition coefficient (Wildman–Crippen LogP) is 5.57. The number of aromatic nitrogens is 1. The maximum atomic E-state index is 12.9. The lowest BCUT2D eigenvalue weighted by atomic mass is 10.2. The van der Waals surface area contributed by atoms with Gasteiger partial charge in [0.1, 0.15) is 16.9 Å². The molecule has 2 aromatic carbocycles. The minimum atomic E-state index is -0.267. The molecule has 0 spiro atoms. The Morgan fingerprint density at radius 3 is 2.54 bits per heavy atom. The van der Waals surface area contributed by atoms with Gasteiger partial charge >= 0.3 is 0 Å². The van der Waals surface area contributed by atoms with Crippen LogP contribution in [0.25, 0.3) is 22.9 Å². The fourth-order valence-electron chi connectivity index (χ4n) is 2.12. The van der Waals surface area contributed by atoms with Crippen LogP contribution >= 0.6 is 11.3 Å². The monoisotopic (exact) mass is 332 g/mol. The zero-order chi connectivity index (χ0) is 16.8. The summed E-state index contributed by atoms with van der Waals surface area (Å²) in [6.07, 6.45) is 5.31. The number of halogens is 1. The van der Waals surface area contributed by atoms with Gasteiger partial charge in [-0.3, -0.25) is 0 Å². The third kappa shape index (κ3) is 3.83. The van der Waals surface area contributed by atoms with Gasteiger partial charge in [0, 0.05) is 10.9 Å². The molecule has 0 aliphatic heterocycles. The SMILES string of the molecule is N#CC(=CC=Cc1ccc(F)cc1)c1nc(-c2ccccc2)cs1. The Balaban J connectivity index is 1.80. The van der Waals surface area contributed by atoms with E-state index in [9.17, 15) is 9.65 Å². The van der Waals surface area contributed by atoms with Gasteiger partial charge in [-0.1, -0.05) is 54.6 Å². The smallest absolute Gasteiger partial charge is 0.134 e. The third-order valence-corrected chi connectivity index (χ3v) is 4.22. The van der Waals surface area contributed by atoms with Crippen molar-refractivity contribution in [2.75, 3.05) is 0 Å². The Morgan fingerprint density at radius 1 is 1.08 bits per heavy atom. The van der Waals surface area contributed by atoms with Gasteiger partial charge in [0.05, 0.1) is 11.3 Å². The number of benzene rings is 2. The molecule has 2 nitrogen and oxygen atoms in total. The Kier molecular flexibility index (Phi) is 4.95. The van der Waals surface area contributed by atoms with Crippen molar-refractivity contribution in [3.8, 4) is 17.3 Å². The van der Waals surface area contributed by atoms with Crippen molar-refractivity contribution in [1.82, 2.24) is 4.98 Å². The van der Waals surface area contributed by atoms with Gasteiger partial charge in [-0.25, -0.2) is 9.37 Å². The van der Waals surface area contributed by atoms with Gasteiger partial charge in [-0.05, 0) is 23.8 Å². The summed E-state index contributed by atoms with van der Waals surface area (Å²) in [7, 11) is 0. The molecule has 1 heterocycles. The molecule has 0 aliphatic carbocycles. The zero-order valence-corrected chi connectivity index (χ0v) is 13.5. The molecule has 0 atom stereocenters. The maximum absolute atomic E-state index is 12.9. The second-order valence-corrected chi connectivity index (χ2v) is 5.86. The quantitative estimate of drug-likeness (QED) is 0.462. The van der Waals surface area contributed by atoms with Crippen LogP contribution in [-0.4, -0.2) is 4.98 Å². The topological polar surface area (TPSA) is 36.7 Å². The predicted molar refractivity (Wildman–Crippen MR) is 96.6 cm³/mol. The van der Waals surface area contributed by atoms with Crippen molar-refractivity contribution in [3.05, 3.63) is 88.5 Å². The Bertz CT molecular complexity index is 916. The summed E-state index contributed by atoms with van der Waals surface area (Å²) in [5, 5.41) is 12.0. The van der Waals surface area contributed by atoms with Crippen LogP contribution in [0.5, 0.6) is 0 Å². The highest BCUT2D eigenvalue weighted by atomic mass is 32.1. The molecule has 0 saturated carbocycles. The van der Waals surface area contributed by atoms with E-state index in [1.165, 1.54) is 23.5 Å². The van der Waals surface area contributed by atoms with E-state index in [1.807, 2.05) is 41.8 Å². The molecule has 0 unspecified atom stereocenters. The fourth-order valence-corrected chi connectivity index (χ4v) is 2.93. The maximum Gasteiger partial charge on any atom is 0.134 e. The number of nitriles is 1. The Morgan fingerprint density at radius 2 is 1.83 bits per heavy atom. The Hall–Kier alpha value is -3.03. The van der Waals surface area contributed by atoms with Crippen molar-refractivity contribution in [2.24, 2.45) is 0 Å². The van der Waals surface area contributed by atoms with Crippen LogP contribution in [0.2, 0.25) is 0 Å². The molecule has 116 valence electrons. The van der Waals surface area contributed by atoms with Gasteiger partial charge in [0.15, 0.2) is 0 Å². The molecule has 0 aliphatic rings. The first-order chi connectivity index (χ1) is 11.8. The van der Waals surface area contributed by atoms with Crippen LogP contribution in [0.1, 0.15) is 10.6 Å². The lowest BCUT2D eigenvalue weighted by molar-refractivity contribution is 0.628. The highest BCUT2D eigenvalue weighted by Crippen LogP contribution is 2.25. The largest absolute Gasteiger partial charge is 0.235 e. The van der Waals surface area contributed by atoms with Crippen molar-refractivity contribution in [1.29, 1.82) is 5.26 Å². The van der Waals surface area contributed by atoms with Crippen molar-refractivity contribution in [2.45, 2.75) is 0 Å². The number of rotatable bonds is 4. The molecular formula is C20H13FN2S. The molecule has 1 aromatic heterocycles. The van der Waals surface area contributed by atoms with E-state index in [0.717, 1.165) is 16.8 Å². The van der Waals surface area contributed by atoms with Gasteiger partial charge in [0.2, 0.25) is 0 Å². The molecule has 0 N–H and O–H groups in total. The lowest BCUT2D eigenvalue weighted by Gasteiger charge is -1.94. The van der Waals surface area contributed by atoms with E-state index >= 15 is 0 Å². The van der Waals surface area contributed by atoms with Gasteiger partial charge < -0.3 is 0 Å². The summed E-state index contributed by atoms with van der Waals surface area (Å²) in [6, 6.07) is 18.2. The molecule has 0 fully saturated rings. The van der Waals surface area contributed by atoms with Crippen LogP contribution in [-0.2, 0) is 0 Å². The first-order valence-electron chi connectivity index (χ1n) is 7.31. The second kappa shape index (κ2) is 7.49. The van der Waals surface area contributed by atoms with Crippen LogP contribution in [0, 0.1) is 17.1 Å². The van der Waals surface area contributed by atoms with Gasteiger partial charge in [-0.2, -0.15) is 5.26 Å². The zero-order valence-electron chi connectivity index (χ0n) is 12.7. The van der Waals surface area contributed by atoms with Crippen molar-refractivity contribution < 1.29 is 4.39 Å². The minimum absolute atomic E-state index is 0.267. The number of allylic oxidation sites excluding steroid dienone is 3. The average molecular weight is 332 g/mol. The van der Waals surface area contributed by atoms with E-state index in [1.54, 1.807) is 24.3 Å². The van der Waals surface area contributed by atoms with E-state index in [0.29, 0.717) is 10.6 Å². The van der Waals surface area contributed by atoms with Gasteiger partial charge in [-0.15, -0.1) is 11.3 Å². The van der Waals surface area contributed by atoms with Crippen LogP contribution < -0.4 is 0 Å². The molecule has 0 radical (unpaired) electrons.